The van der Waals surface area contributed by atoms with Crippen molar-refractivity contribution in [3.8, 4) is 5.75 Å². The maximum Gasteiger partial charge on any atom is 0.259 e. The molecule has 0 atom stereocenters. The van der Waals surface area contributed by atoms with Gasteiger partial charge in [0.2, 0.25) is 5.91 Å². The van der Waals surface area contributed by atoms with E-state index < -0.39 is 5.24 Å². The SMILES string of the molecule is O=C(Cl)COc1ccc2c(c1)CCCN2C(=O)CCl. The Bertz CT molecular complexity index is 505. The van der Waals surface area contributed by atoms with Gasteiger partial charge in [-0.1, -0.05) is 0 Å². The van der Waals surface area contributed by atoms with Crippen LogP contribution in [-0.4, -0.2) is 30.2 Å². The Kier molecular flexibility index (Phi) is 4.66. The van der Waals surface area contributed by atoms with Crippen LogP contribution >= 0.6 is 23.2 Å². The van der Waals surface area contributed by atoms with Gasteiger partial charge in [-0.15, -0.1) is 11.6 Å². The van der Waals surface area contributed by atoms with Gasteiger partial charge in [0, 0.05) is 12.2 Å². The standard InChI is InChI=1S/C13H13Cl2NO3/c14-7-13(18)16-5-1-2-9-6-10(3-4-11(9)16)19-8-12(15)17/h3-4,6H,1-2,5,7-8H2. The summed E-state index contributed by atoms with van der Waals surface area (Å²) in [5, 5.41) is -0.545. The molecule has 19 heavy (non-hydrogen) atoms. The molecule has 0 unspecified atom stereocenters. The van der Waals surface area contributed by atoms with E-state index in [0.717, 1.165) is 24.1 Å². The van der Waals surface area contributed by atoms with Gasteiger partial charge in [0.05, 0.1) is 0 Å². The first kappa shape index (κ1) is 14.2. The molecule has 0 radical (unpaired) electrons. The maximum absolute atomic E-state index is 11.7. The molecular formula is C13H13Cl2NO3. The fourth-order valence-electron chi connectivity index (χ4n) is 2.13. The first-order valence-corrected chi connectivity index (χ1v) is 6.83. The number of hydrogen-bond acceptors (Lipinski definition) is 3. The van der Waals surface area contributed by atoms with Crippen LogP contribution in [0.25, 0.3) is 0 Å². The number of ether oxygens (including phenoxy) is 1. The largest absolute Gasteiger partial charge is 0.484 e. The van der Waals surface area contributed by atoms with E-state index in [0.29, 0.717) is 12.3 Å². The van der Waals surface area contributed by atoms with Gasteiger partial charge in [-0.2, -0.15) is 0 Å². The molecule has 1 aliphatic rings. The van der Waals surface area contributed by atoms with Crippen molar-refractivity contribution in [3.05, 3.63) is 23.8 Å². The van der Waals surface area contributed by atoms with Crippen LogP contribution in [0.3, 0.4) is 0 Å². The smallest absolute Gasteiger partial charge is 0.259 e. The van der Waals surface area contributed by atoms with Crippen LogP contribution in [0, 0.1) is 0 Å². The minimum Gasteiger partial charge on any atom is -0.484 e. The second-order valence-electron chi connectivity index (χ2n) is 4.22. The fraction of sp³-hybridized carbons (Fsp3) is 0.385. The van der Waals surface area contributed by atoms with Crippen molar-refractivity contribution in [3.63, 3.8) is 0 Å². The lowest BCUT2D eigenvalue weighted by atomic mass is 10.0. The van der Waals surface area contributed by atoms with Crippen LogP contribution in [0.4, 0.5) is 5.69 Å². The lowest BCUT2D eigenvalue weighted by Crippen LogP contribution is -2.36. The number of halogens is 2. The van der Waals surface area contributed by atoms with Crippen molar-refractivity contribution in [2.24, 2.45) is 0 Å². The molecule has 0 saturated carbocycles. The molecule has 2 rings (SSSR count). The van der Waals surface area contributed by atoms with Gasteiger partial charge in [0.15, 0.2) is 6.61 Å². The molecule has 1 aliphatic heterocycles. The topological polar surface area (TPSA) is 46.6 Å². The molecule has 4 nitrogen and oxygen atoms in total. The molecule has 102 valence electrons. The van der Waals surface area contributed by atoms with Crippen molar-refractivity contribution in [1.29, 1.82) is 0 Å². The van der Waals surface area contributed by atoms with Crippen molar-refractivity contribution in [1.82, 2.24) is 0 Å². The van der Waals surface area contributed by atoms with Crippen LogP contribution in [-0.2, 0) is 16.0 Å². The first-order chi connectivity index (χ1) is 9.11. The van der Waals surface area contributed by atoms with Crippen LogP contribution in [0.2, 0.25) is 0 Å². The van der Waals surface area contributed by atoms with Crippen LogP contribution in [0.5, 0.6) is 5.75 Å². The number of nitrogens with zero attached hydrogens (tertiary/aromatic N) is 1. The van der Waals surface area contributed by atoms with Crippen molar-refractivity contribution in [2.75, 3.05) is 23.9 Å². The van der Waals surface area contributed by atoms with Gasteiger partial charge >= 0.3 is 0 Å². The van der Waals surface area contributed by atoms with E-state index in [4.69, 9.17) is 27.9 Å². The number of carbonyl (C=O) groups is 2. The first-order valence-electron chi connectivity index (χ1n) is 5.92. The van der Waals surface area contributed by atoms with Crippen LogP contribution in [0.1, 0.15) is 12.0 Å². The summed E-state index contributed by atoms with van der Waals surface area (Å²) in [6.07, 6.45) is 1.75. The number of amides is 1. The highest BCUT2D eigenvalue weighted by Crippen LogP contribution is 2.30. The summed E-state index contributed by atoms with van der Waals surface area (Å²) in [6, 6.07) is 5.37. The number of carbonyl (C=O) groups excluding carboxylic acids is 2. The molecule has 1 heterocycles. The van der Waals surface area contributed by atoms with E-state index in [-0.39, 0.29) is 18.4 Å². The van der Waals surface area contributed by atoms with Gasteiger partial charge in [-0.25, -0.2) is 0 Å². The molecule has 0 fully saturated rings. The predicted octanol–water partition coefficient (Wildman–Crippen LogP) is 2.35. The Balaban J connectivity index is 2.20. The van der Waals surface area contributed by atoms with Gasteiger partial charge < -0.3 is 9.64 Å². The summed E-state index contributed by atoms with van der Waals surface area (Å²) >= 11 is 10.8. The normalized spacial score (nSPS) is 13.9. The van der Waals surface area contributed by atoms with E-state index >= 15 is 0 Å². The zero-order valence-corrected chi connectivity index (χ0v) is 11.7. The summed E-state index contributed by atoms with van der Waals surface area (Å²) in [5.74, 6) is 0.443. The average Bonchev–Trinajstić information content (AvgIpc) is 2.43. The Morgan fingerprint density at radius 3 is 2.84 bits per heavy atom. The van der Waals surface area contributed by atoms with E-state index in [9.17, 15) is 9.59 Å². The summed E-state index contributed by atoms with van der Waals surface area (Å²) in [7, 11) is 0. The molecule has 0 saturated heterocycles. The van der Waals surface area contributed by atoms with Gasteiger partial charge in [-0.3, -0.25) is 9.59 Å². The Hall–Kier alpha value is -1.26. The number of anilines is 1. The third-order valence-corrected chi connectivity index (χ3v) is 3.28. The molecule has 0 aliphatic carbocycles. The number of rotatable bonds is 4. The van der Waals surface area contributed by atoms with Crippen LogP contribution in [0.15, 0.2) is 18.2 Å². The third kappa shape index (κ3) is 3.39. The number of alkyl halides is 1. The molecule has 0 bridgehead atoms. The molecule has 0 aromatic heterocycles. The highest BCUT2D eigenvalue weighted by molar-refractivity contribution is 6.63. The molecular weight excluding hydrogens is 289 g/mol. The van der Waals surface area contributed by atoms with E-state index in [1.807, 2.05) is 12.1 Å². The molecule has 0 spiro atoms. The number of hydrogen-bond donors (Lipinski definition) is 0. The molecule has 1 aromatic carbocycles. The summed E-state index contributed by atoms with van der Waals surface area (Å²) < 4.78 is 5.24. The van der Waals surface area contributed by atoms with Gasteiger partial charge in [0.1, 0.15) is 11.6 Å². The van der Waals surface area contributed by atoms with E-state index in [1.165, 1.54) is 0 Å². The number of fused-ring (bicyclic) bond motifs is 1. The van der Waals surface area contributed by atoms with Crippen molar-refractivity contribution in [2.45, 2.75) is 12.8 Å². The lowest BCUT2D eigenvalue weighted by Gasteiger charge is -2.29. The lowest BCUT2D eigenvalue weighted by molar-refractivity contribution is -0.116. The second-order valence-corrected chi connectivity index (χ2v) is 4.91. The van der Waals surface area contributed by atoms with E-state index in [2.05, 4.69) is 0 Å². The van der Waals surface area contributed by atoms with Crippen molar-refractivity contribution >= 4 is 40.0 Å². The molecule has 1 aromatic rings. The maximum atomic E-state index is 11.7. The monoisotopic (exact) mass is 301 g/mol. The second kappa shape index (κ2) is 6.26. The highest BCUT2D eigenvalue weighted by Gasteiger charge is 2.22. The van der Waals surface area contributed by atoms with Gasteiger partial charge in [0.25, 0.3) is 5.24 Å². The Labute approximate surface area is 121 Å². The Morgan fingerprint density at radius 2 is 2.16 bits per heavy atom. The minimum absolute atomic E-state index is 0.0293. The number of benzene rings is 1. The number of aryl methyl sites for hydroxylation is 1. The van der Waals surface area contributed by atoms with Crippen LogP contribution < -0.4 is 9.64 Å². The average molecular weight is 302 g/mol. The zero-order valence-electron chi connectivity index (χ0n) is 10.2. The molecule has 6 heteroatoms. The molecule has 1 amide bonds. The predicted molar refractivity (Wildman–Crippen MR) is 74.2 cm³/mol. The minimum atomic E-state index is -0.545. The van der Waals surface area contributed by atoms with Gasteiger partial charge in [-0.05, 0) is 48.2 Å². The Morgan fingerprint density at radius 1 is 1.37 bits per heavy atom. The highest BCUT2D eigenvalue weighted by atomic mass is 35.5. The fourth-order valence-corrected chi connectivity index (χ4v) is 2.33. The third-order valence-electron chi connectivity index (χ3n) is 2.94. The summed E-state index contributed by atoms with van der Waals surface area (Å²) in [6.45, 7) is 0.517. The molecule has 0 N–H and O–H groups in total. The van der Waals surface area contributed by atoms with Crippen molar-refractivity contribution < 1.29 is 14.3 Å². The van der Waals surface area contributed by atoms with E-state index in [1.54, 1.807) is 11.0 Å². The summed E-state index contributed by atoms with van der Waals surface area (Å²) in [5.41, 5.74) is 1.88. The zero-order chi connectivity index (χ0) is 13.8. The quantitative estimate of drug-likeness (QED) is 0.633. The summed E-state index contributed by atoms with van der Waals surface area (Å²) in [4.78, 5) is 24.1.